The molecular weight excluding hydrogens is 234 g/mol. The number of hydrogen-bond donors (Lipinski definition) is 2. The first kappa shape index (κ1) is 12.3. The van der Waals surface area contributed by atoms with Crippen LogP contribution in [0.2, 0.25) is 0 Å². The summed E-state index contributed by atoms with van der Waals surface area (Å²) in [6, 6.07) is 2.80. The van der Waals surface area contributed by atoms with Gasteiger partial charge in [0.2, 0.25) is 11.5 Å². The van der Waals surface area contributed by atoms with Crippen LogP contribution in [0.4, 0.5) is 0 Å². The summed E-state index contributed by atoms with van der Waals surface area (Å²) >= 11 is 0. The molecule has 2 heterocycles. The first-order valence-corrected chi connectivity index (χ1v) is 5.70. The zero-order valence-electron chi connectivity index (χ0n) is 10.1. The van der Waals surface area contributed by atoms with Crippen LogP contribution in [0.25, 0.3) is 0 Å². The number of nitrogens with zero attached hydrogens (tertiary/aromatic N) is 1. The maximum Gasteiger partial charge on any atom is 0.254 e. The second-order valence-electron chi connectivity index (χ2n) is 4.84. The second-order valence-corrected chi connectivity index (χ2v) is 4.84. The molecule has 1 saturated heterocycles. The highest BCUT2D eigenvalue weighted by Crippen LogP contribution is 2.30. The van der Waals surface area contributed by atoms with Crippen molar-refractivity contribution in [2.75, 3.05) is 13.1 Å². The number of nitrogens with two attached hydrogens (primary N) is 1. The number of aromatic amines is 1. The number of amides is 2. The van der Waals surface area contributed by atoms with Gasteiger partial charge in [0.05, 0.1) is 5.41 Å². The van der Waals surface area contributed by atoms with Crippen LogP contribution in [0.5, 0.6) is 0 Å². The quantitative estimate of drug-likeness (QED) is 0.754. The molecule has 1 aromatic heterocycles. The van der Waals surface area contributed by atoms with Crippen molar-refractivity contribution in [2.45, 2.75) is 13.3 Å². The van der Waals surface area contributed by atoms with E-state index < -0.39 is 11.3 Å². The number of carbonyl (C=O) groups is 2. The monoisotopic (exact) mass is 249 g/mol. The summed E-state index contributed by atoms with van der Waals surface area (Å²) in [7, 11) is 0. The lowest BCUT2D eigenvalue weighted by Gasteiger charge is -2.21. The standard InChI is InChI=1S/C12H15N3O3/c1-12(11(13)18)3-5-15(7-12)10(17)8-2-4-14-9(16)6-8/h2,4,6H,3,5,7H2,1H3,(H2,13,18)(H,14,16). The maximum atomic E-state index is 12.1. The molecule has 2 amide bonds. The predicted octanol–water partition coefficient (Wildman–Crippen LogP) is -0.288. The molecule has 2 rings (SSSR count). The van der Waals surface area contributed by atoms with Crippen molar-refractivity contribution in [3.63, 3.8) is 0 Å². The minimum Gasteiger partial charge on any atom is -0.369 e. The highest BCUT2D eigenvalue weighted by atomic mass is 16.2. The topological polar surface area (TPSA) is 96.3 Å². The van der Waals surface area contributed by atoms with Gasteiger partial charge in [0.1, 0.15) is 0 Å². The smallest absolute Gasteiger partial charge is 0.254 e. The largest absolute Gasteiger partial charge is 0.369 e. The van der Waals surface area contributed by atoms with E-state index in [1.165, 1.54) is 12.3 Å². The zero-order chi connectivity index (χ0) is 13.3. The summed E-state index contributed by atoms with van der Waals surface area (Å²) < 4.78 is 0. The van der Waals surface area contributed by atoms with Gasteiger partial charge >= 0.3 is 0 Å². The van der Waals surface area contributed by atoms with Crippen LogP contribution in [-0.2, 0) is 4.79 Å². The molecule has 1 atom stereocenters. The predicted molar refractivity (Wildman–Crippen MR) is 64.9 cm³/mol. The second kappa shape index (κ2) is 4.29. The first-order valence-electron chi connectivity index (χ1n) is 5.70. The molecule has 0 radical (unpaired) electrons. The minimum absolute atomic E-state index is 0.244. The van der Waals surface area contributed by atoms with Gasteiger partial charge in [0.15, 0.2) is 0 Å². The van der Waals surface area contributed by atoms with E-state index in [9.17, 15) is 14.4 Å². The Morgan fingerprint density at radius 2 is 2.22 bits per heavy atom. The van der Waals surface area contributed by atoms with Gasteiger partial charge in [-0.1, -0.05) is 0 Å². The fourth-order valence-electron chi connectivity index (χ4n) is 2.10. The summed E-state index contributed by atoms with van der Waals surface area (Å²) in [5, 5.41) is 0. The average molecular weight is 249 g/mol. The van der Waals surface area contributed by atoms with Crippen molar-refractivity contribution in [1.29, 1.82) is 0 Å². The number of aromatic nitrogens is 1. The van der Waals surface area contributed by atoms with Gasteiger partial charge in [-0.05, 0) is 19.4 Å². The van der Waals surface area contributed by atoms with E-state index in [2.05, 4.69) is 4.98 Å². The minimum atomic E-state index is -0.670. The Labute approximate surface area is 104 Å². The normalized spacial score (nSPS) is 23.1. The maximum absolute atomic E-state index is 12.1. The van der Waals surface area contributed by atoms with Crippen LogP contribution in [0.3, 0.4) is 0 Å². The number of hydrogen-bond acceptors (Lipinski definition) is 3. The van der Waals surface area contributed by atoms with Crippen LogP contribution in [0.1, 0.15) is 23.7 Å². The molecule has 1 aromatic rings. The summed E-state index contributed by atoms with van der Waals surface area (Å²) in [6.07, 6.45) is 1.98. The van der Waals surface area contributed by atoms with Crippen LogP contribution < -0.4 is 11.3 Å². The molecule has 1 fully saturated rings. The van der Waals surface area contributed by atoms with Crippen molar-refractivity contribution in [3.8, 4) is 0 Å². The number of rotatable bonds is 2. The van der Waals surface area contributed by atoms with Gasteiger partial charge in [0, 0.05) is 30.9 Å². The molecule has 1 unspecified atom stereocenters. The number of primary amides is 1. The Balaban J connectivity index is 2.18. The van der Waals surface area contributed by atoms with Gasteiger partial charge < -0.3 is 15.6 Å². The van der Waals surface area contributed by atoms with Gasteiger partial charge in [-0.15, -0.1) is 0 Å². The molecule has 6 nitrogen and oxygen atoms in total. The third-order valence-corrected chi connectivity index (χ3v) is 3.38. The molecule has 1 aliphatic rings. The fraction of sp³-hybridized carbons (Fsp3) is 0.417. The van der Waals surface area contributed by atoms with Crippen molar-refractivity contribution in [2.24, 2.45) is 11.1 Å². The lowest BCUT2D eigenvalue weighted by atomic mass is 9.89. The summed E-state index contributed by atoms with van der Waals surface area (Å²) in [4.78, 5) is 38.6. The average Bonchev–Trinajstić information content (AvgIpc) is 2.72. The van der Waals surface area contributed by atoms with Crippen molar-refractivity contribution < 1.29 is 9.59 Å². The van der Waals surface area contributed by atoms with Crippen LogP contribution in [0.15, 0.2) is 23.1 Å². The number of H-pyrrole nitrogens is 1. The highest BCUT2D eigenvalue weighted by Gasteiger charge is 2.40. The molecule has 1 aliphatic heterocycles. The number of likely N-dealkylation sites (tertiary alicyclic amines) is 1. The van der Waals surface area contributed by atoms with Gasteiger partial charge in [0.25, 0.3) is 5.91 Å². The van der Waals surface area contributed by atoms with E-state index in [0.29, 0.717) is 25.1 Å². The van der Waals surface area contributed by atoms with Gasteiger partial charge in [-0.2, -0.15) is 0 Å². The van der Waals surface area contributed by atoms with E-state index in [1.807, 2.05) is 0 Å². The molecule has 0 saturated carbocycles. The highest BCUT2D eigenvalue weighted by molar-refractivity contribution is 5.95. The van der Waals surface area contributed by atoms with Crippen LogP contribution in [-0.4, -0.2) is 34.8 Å². The van der Waals surface area contributed by atoms with Crippen LogP contribution in [0, 0.1) is 5.41 Å². The van der Waals surface area contributed by atoms with Crippen LogP contribution >= 0.6 is 0 Å². The third kappa shape index (κ3) is 2.13. The SMILES string of the molecule is CC1(C(N)=O)CCN(C(=O)c2cc[nH]c(=O)c2)C1. The van der Waals surface area contributed by atoms with Crippen molar-refractivity contribution in [1.82, 2.24) is 9.88 Å². The van der Waals surface area contributed by atoms with E-state index >= 15 is 0 Å². The molecule has 0 aromatic carbocycles. The number of pyridine rings is 1. The van der Waals surface area contributed by atoms with Gasteiger partial charge in [-0.25, -0.2) is 0 Å². The van der Waals surface area contributed by atoms with E-state index in [0.717, 1.165) is 0 Å². The summed E-state index contributed by atoms with van der Waals surface area (Å²) in [6.45, 7) is 2.53. The number of carbonyl (C=O) groups excluding carboxylic acids is 2. The lowest BCUT2D eigenvalue weighted by Crippen LogP contribution is -2.38. The Hall–Kier alpha value is -2.11. The first-order chi connectivity index (χ1) is 8.42. The summed E-state index contributed by atoms with van der Waals surface area (Å²) in [5.74, 6) is -0.644. The molecular formula is C12H15N3O3. The Bertz CT molecular complexity index is 551. The molecule has 6 heteroatoms. The molecule has 0 aliphatic carbocycles. The zero-order valence-corrected chi connectivity index (χ0v) is 10.1. The van der Waals surface area contributed by atoms with E-state index in [1.54, 1.807) is 17.9 Å². The number of nitrogens with one attached hydrogen (secondary N) is 1. The third-order valence-electron chi connectivity index (χ3n) is 3.38. The fourth-order valence-corrected chi connectivity index (χ4v) is 2.10. The Kier molecular flexibility index (Phi) is 2.94. The Morgan fingerprint density at radius 3 is 2.78 bits per heavy atom. The van der Waals surface area contributed by atoms with Crippen molar-refractivity contribution >= 4 is 11.8 Å². The summed E-state index contributed by atoms with van der Waals surface area (Å²) in [5.41, 5.74) is 4.66. The lowest BCUT2D eigenvalue weighted by molar-refractivity contribution is -0.126. The molecule has 3 N–H and O–H groups in total. The molecule has 18 heavy (non-hydrogen) atoms. The van der Waals surface area contributed by atoms with Crippen molar-refractivity contribution in [3.05, 3.63) is 34.2 Å². The van der Waals surface area contributed by atoms with E-state index in [-0.39, 0.29) is 11.5 Å². The molecule has 0 bridgehead atoms. The molecule has 96 valence electrons. The van der Waals surface area contributed by atoms with E-state index in [4.69, 9.17) is 5.73 Å². The Morgan fingerprint density at radius 1 is 1.50 bits per heavy atom. The van der Waals surface area contributed by atoms with Gasteiger partial charge in [-0.3, -0.25) is 14.4 Å². The molecule has 0 spiro atoms.